The Balaban J connectivity index is 1.61. The molecule has 1 fully saturated rings. The second-order valence-corrected chi connectivity index (χ2v) is 7.25. The maximum atomic E-state index is 11.9. The number of allylic oxidation sites excluding steroid dienone is 1. The van der Waals surface area contributed by atoms with Crippen LogP contribution in [0.1, 0.15) is 12.1 Å². The summed E-state index contributed by atoms with van der Waals surface area (Å²) in [4.78, 5) is 20.8. The lowest BCUT2D eigenvalue weighted by Crippen LogP contribution is -2.41. The van der Waals surface area contributed by atoms with E-state index in [9.17, 15) is 4.79 Å². The van der Waals surface area contributed by atoms with E-state index in [1.807, 2.05) is 20.2 Å². The molecule has 1 amide bonds. The number of nitrogens with one attached hydrogen (secondary N) is 2. The van der Waals surface area contributed by atoms with E-state index < -0.39 is 0 Å². The van der Waals surface area contributed by atoms with E-state index in [0.717, 1.165) is 12.1 Å². The molecule has 0 radical (unpaired) electrons. The van der Waals surface area contributed by atoms with Crippen LogP contribution in [0.3, 0.4) is 0 Å². The molecule has 1 saturated carbocycles. The van der Waals surface area contributed by atoms with Gasteiger partial charge >= 0.3 is 0 Å². The second kappa shape index (κ2) is 6.28. The van der Waals surface area contributed by atoms with Gasteiger partial charge in [0.25, 0.3) is 0 Å². The van der Waals surface area contributed by atoms with E-state index >= 15 is 0 Å². The molecule has 2 heterocycles. The van der Waals surface area contributed by atoms with Crippen LogP contribution < -0.4 is 16.4 Å². The summed E-state index contributed by atoms with van der Waals surface area (Å²) in [6.07, 6.45) is 8.65. The Hall–Kier alpha value is -2.61. The fourth-order valence-corrected chi connectivity index (χ4v) is 4.03. The zero-order chi connectivity index (χ0) is 18.4. The Morgan fingerprint density at radius 3 is 2.81 bits per heavy atom. The average Bonchev–Trinajstić information content (AvgIpc) is 3.28. The highest BCUT2D eigenvalue weighted by atomic mass is 35.5. The number of halogens is 1. The highest BCUT2D eigenvalue weighted by Gasteiger charge is 2.47. The van der Waals surface area contributed by atoms with Crippen molar-refractivity contribution in [2.75, 3.05) is 10.6 Å². The molecular formula is C17H20ClN7O. The first-order chi connectivity index (χ1) is 12.4. The van der Waals surface area contributed by atoms with Gasteiger partial charge in [0, 0.05) is 19.3 Å². The number of aryl methyl sites for hydroxylation is 2. The van der Waals surface area contributed by atoms with Crippen LogP contribution >= 0.6 is 11.6 Å². The number of anilines is 3. The maximum Gasteiger partial charge on any atom is 0.229 e. The number of carbonyl (C=O) groups excluding carboxylic acids is 1. The van der Waals surface area contributed by atoms with Crippen LogP contribution in [0.4, 0.5) is 17.5 Å². The predicted octanol–water partition coefficient (Wildman–Crippen LogP) is 2.00. The first-order valence-corrected chi connectivity index (χ1v) is 8.84. The number of primary amides is 1. The van der Waals surface area contributed by atoms with Gasteiger partial charge in [0.1, 0.15) is 5.02 Å². The van der Waals surface area contributed by atoms with Crippen molar-refractivity contribution in [2.45, 2.75) is 19.4 Å². The van der Waals surface area contributed by atoms with Crippen molar-refractivity contribution in [1.82, 2.24) is 19.7 Å². The van der Waals surface area contributed by atoms with Crippen molar-refractivity contribution in [3.8, 4) is 0 Å². The molecule has 8 nitrogen and oxygen atoms in total. The minimum atomic E-state index is -0.296. The molecule has 26 heavy (non-hydrogen) atoms. The lowest BCUT2D eigenvalue weighted by Gasteiger charge is -2.27. The molecule has 4 N–H and O–H groups in total. The van der Waals surface area contributed by atoms with Gasteiger partial charge < -0.3 is 16.4 Å². The maximum absolute atomic E-state index is 11.9. The lowest BCUT2D eigenvalue weighted by molar-refractivity contribution is -0.122. The van der Waals surface area contributed by atoms with Crippen molar-refractivity contribution in [1.29, 1.82) is 0 Å². The van der Waals surface area contributed by atoms with Gasteiger partial charge in [-0.05, 0) is 25.2 Å². The molecule has 2 aromatic heterocycles. The van der Waals surface area contributed by atoms with Gasteiger partial charge in [0.2, 0.25) is 11.9 Å². The van der Waals surface area contributed by atoms with E-state index in [2.05, 4.69) is 37.9 Å². The second-order valence-electron chi connectivity index (χ2n) is 6.87. The zero-order valence-corrected chi connectivity index (χ0v) is 15.2. The Morgan fingerprint density at radius 1 is 1.35 bits per heavy atom. The number of fused-ring (bicyclic) bond motifs is 2. The van der Waals surface area contributed by atoms with Crippen LogP contribution in [-0.4, -0.2) is 31.7 Å². The minimum Gasteiger partial charge on any atom is -0.369 e. The minimum absolute atomic E-state index is 0.111. The number of aromatic nitrogens is 4. The zero-order valence-electron chi connectivity index (χ0n) is 14.5. The molecule has 0 aromatic carbocycles. The van der Waals surface area contributed by atoms with Crippen LogP contribution in [0.15, 0.2) is 24.5 Å². The van der Waals surface area contributed by atoms with Gasteiger partial charge in [-0.2, -0.15) is 10.1 Å². The molecule has 136 valence electrons. The molecule has 2 aromatic rings. The summed E-state index contributed by atoms with van der Waals surface area (Å²) >= 11 is 6.41. The highest BCUT2D eigenvalue weighted by Crippen LogP contribution is 2.45. The van der Waals surface area contributed by atoms with E-state index in [-0.39, 0.29) is 29.7 Å². The summed E-state index contributed by atoms with van der Waals surface area (Å²) in [6, 6.07) is -0.111. The van der Waals surface area contributed by atoms with Gasteiger partial charge in [-0.15, -0.1) is 0 Å². The van der Waals surface area contributed by atoms with Gasteiger partial charge in [0.15, 0.2) is 5.82 Å². The van der Waals surface area contributed by atoms with Crippen molar-refractivity contribution in [3.63, 3.8) is 0 Å². The van der Waals surface area contributed by atoms with E-state index in [1.165, 1.54) is 0 Å². The monoisotopic (exact) mass is 373 g/mol. The normalized spacial score (nSPS) is 26.3. The molecule has 0 unspecified atom stereocenters. The lowest BCUT2D eigenvalue weighted by atomic mass is 9.88. The number of rotatable bonds is 5. The molecule has 0 saturated heterocycles. The van der Waals surface area contributed by atoms with E-state index in [1.54, 1.807) is 10.9 Å². The predicted molar refractivity (Wildman–Crippen MR) is 99.1 cm³/mol. The number of carbonyl (C=O) groups is 1. The number of hydrogen-bond donors (Lipinski definition) is 3. The molecule has 9 heteroatoms. The number of nitrogens with zero attached hydrogens (tertiary/aromatic N) is 4. The Labute approximate surface area is 155 Å². The molecule has 0 spiro atoms. The van der Waals surface area contributed by atoms with Gasteiger partial charge in [-0.1, -0.05) is 23.8 Å². The summed E-state index contributed by atoms with van der Waals surface area (Å²) in [6.45, 7) is 1.82. The summed E-state index contributed by atoms with van der Waals surface area (Å²) in [7, 11) is 1.83. The summed E-state index contributed by atoms with van der Waals surface area (Å²) in [5.41, 5.74) is 7.05. The fourth-order valence-electron chi connectivity index (χ4n) is 3.89. The smallest absolute Gasteiger partial charge is 0.229 e. The van der Waals surface area contributed by atoms with Crippen molar-refractivity contribution in [2.24, 2.45) is 30.5 Å². The standard InChI is InChI=1S/C17H20ClN7O/c1-8-13(18)16(24-17(21-8)22-11-6-20-25(2)7-11)23-14-10-4-3-9(5-10)12(14)15(19)26/h3-4,6-7,9-10,12,14H,5H2,1-2H3,(H2,19,26)(H2,21,22,23,24)/t9-,10+,12+,14-/m0/s1. The quantitative estimate of drug-likeness (QED) is 0.691. The molecule has 4 atom stereocenters. The first kappa shape index (κ1) is 16.8. The molecule has 2 aliphatic carbocycles. The molecular weight excluding hydrogens is 354 g/mol. The van der Waals surface area contributed by atoms with Gasteiger partial charge in [0.05, 0.1) is 23.5 Å². The van der Waals surface area contributed by atoms with Crippen LogP contribution in [0.25, 0.3) is 0 Å². The Kier molecular flexibility index (Phi) is 4.07. The SMILES string of the molecule is Cc1nc(Nc2cnn(C)c2)nc(N[C@@H]2[C@H](C(N)=O)[C@H]3C=C[C@@H]2C3)c1Cl. The largest absolute Gasteiger partial charge is 0.369 e. The number of amides is 1. The topological polar surface area (TPSA) is 111 Å². The molecule has 2 bridgehead atoms. The summed E-state index contributed by atoms with van der Waals surface area (Å²) in [5.74, 6) is 0.795. The number of nitrogens with two attached hydrogens (primary N) is 1. The number of hydrogen-bond acceptors (Lipinski definition) is 6. The molecule has 0 aliphatic heterocycles. The fraction of sp³-hybridized carbons (Fsp3) is 0.412. The van der Waals surface area contributed by atoms with Crippen LogP contribution in [0.2, 0.25) is 5.02 Å². The van der Waals surface area contributed by atoms with Crippen molar-refractivity contribution >= 4 is 35.0 Å². The Bertz CT molecular complexity index is 893. The van der Waals surface area contributed by atoms with Gasteiger partial charge in [-0.3, -0.25) is 9.48 Å². The third kappa shape index (κ3) is 2.90. The average molecular weight is 374 g/mol. The van der Waals surface area contributed by atoms with Crippen LogP contribution in [-0.2, 0) is 11.8 Å². The van der Waals surface area contributed by atoms with E-state index in [4.69, 9.17) is 17.3 Å². The third-order valence-electron chi connectivity index (χ3n) is 5.07. The highest BCUT2D eigenvalue weighted by molar-refractivity contribution is 6.33. The molecule has 2 aliphatic rings. The van der Waals surface area contributed by atoms with E-state index in [0.29, 0.717) is 22.5 Å². The first-order valence-electron chi connectivity index (χ1n) is 8.46. The summed E-state index contributed by atoms with van der Waals surface area (Å²) < 4.78 is 1.68. The van der Waals surface area contributed by atoms with Gasteiger partial charge in [-0.25, -0.2) is 4.98 Å². The van der Waals surface area contributed by atoms with Crippen LogP contribution in [0.5, 0.6) is 0 Å². The molecule has 4 rings (SSSR count). The summed E-state index contributed by atoms with van der Waals surface area (Å²) in [5, 5.41) is 11.0. The third-order valence-corrected chi connectivity index (χ3v) is 5.52. The van der Waals surface area contributed by atoms with Crippen molar-refractivity contribution < 1.29 is 4.79 Å². The van der Waals surface area contributed by atoms with Crippen molar-refractivity contribution in [3.05, 3.63) is 35.3 Å². The Morgan fingerprint density at radius 2 is 2.12 bits per heavy atom. The van der Waals surface area contributed by atoms with Crippen LogP contribution in [0, 0.1) is 24.7 Å².